The molecule has 2 rings (SSSR count). The molecule has 1 amide bonds. The van der Waals surface area contributed by atoms with Gasteiger partial charge < -0.3 is 5.32 Å². The second-order valence-electron chi connectivity index (χ2n) is 5.70. The van der Waals surface area contributed by atoms with Crippen LogP contribution < -0.4 is 10.9 Å². The zero-order valence-corrected chi connectivity index (χ0v) is 13.0. The molecule has 2 aromatic heterocycles. The number of rotatable bonds is 4. The highest BCUT2D eigenvalue weighted by Crippen LogP contribution is 2.14. The molecular formula is C14H18N6O2. The standard InChI is InChI=1S/C14H18N6O2/c1-9(2)14(3,7-15)18-11(21)6-20-8-16-12-10(13(20)22)5-17-19(12)4/h5,8-9H,6H2,1-4H3,(H,18,21)/t14-/m1/s1. The van der Waals surface area contributed by atoms with Crippen molar-refractivity contribution >= 4 is 16.9 Å². The summed E-state index contributed by atoms with van der Waals surface area (Å²) in [6, 6.07) is 2.09. The van der Waals surface area contributed by atoms with Crippen LogP contribution in [0.15, 0.2) is 17.3 Å². The van der Waals surface area contributed by atoms with Gasteiger partial charge in [-0.3, -0.25) is 18.8 Å². The number of nitriles is 1. The highest BCUT2D eigenvalue weighted by Gasteiger charge is 2.30. The summed E-state index contributed by atoms with van der Waals surface area (Å²) in [7, 11) is 1.69. The maximum absolute atomic E-state index is 12.3. The first-order valence-electron chi connectivity index (χ1n) is 6.88. The third kappa shape index (κ3) is 2.70. The van der Waals surface area contributed by atoms with Crippen molar-refractivity contribution in [2.45, 2.75) is 32.9 Å². The Morgan fingerprint density at radius 2 is 2.23 bits per heavy atom. The summed E-state index contributed by atoms with van der Waals surface area (Å²) in [5.74, 6) is -0.470. The summed E-state index contributed by atoms with van der Waals surface area (Å²) in [5.41, 5.74) is -0.853. The van der Waals surface area contributed by atoms with Crippen LogP contribution in [-0.4, -0.2) is 30.8 Å². The lowest BCUT2D eigenvalue weighted by Gasteiger charge is -2.27. The highest BCUT2D eigenvalue weighted by molar-refractivity contribution is 5.78. The Kier molecular flexibility index (Phi) is 3.99. The zero-order valence-electron chi connectivity index (χ0n) is 13.0. The van der Waals surface area contributed by atoms with E-state index < -0.39 is 11.4 Å². The highest BCUT2D eigenvalue weighted by atomic mass is 16.2. The predicted octanol–water partition coefficient (Wildman–Crippen LogP) is 0.184. The summed E-state index contributed by atoms with van der Waals surface area (Å²) in [4.78, 5) is 28.5. The molecule has 0 spiro atoms. The summed E-state index contributed by atoms with van der Waals surface area (Å²) < 4.78 is 2.70. The van der Waals surface area contributed by atoms with E-state index in [1.807, 2.05) is 13.8 Å². The van der Waals surface area contributed by atoms with E-state index >= 15 is 0 Å². The second-order valence-corrected chi connectivity index (χ2v) is 5.70. The van der Waals surface area contributed by atoms with Crippen LogP contribution in [0.5, 0.6) is 0 Å². The minimum Gasteiger partial charge on any atom is -0.336 e. The third-order valence-electron chi connectivity index (χ3n) is 3.82. The van der Waals surface area contributed by atoms with Crippen molar-refractivity contribution in [3.05, 3.63) is 22.9 Å². The van der Waals surface area contributed by atoms with Crippen molar-refractivity contribution in [2.75, 3.05) is 0 Å². The Morgan fingerprint density at radius 3 is 2.82 bits per heavy atom. The fourth-order valence-electron chi connectivity index (χ4n) is 1.96. The molecule has 0 aromatic carbocycles. The number of nitrogens with one attached hydrogen (secondary N) is 1. The first kappa shape index (κ1) is 15.7. The van der Waals surface area contributed by atoms with E-state index in [1.165, 1.54) is 21.8 Å². The van der Waals surface area contributed by atoms with Crippen molar-refractivity contribution in [1.29, 1.82) is 5.26 Å². The zero-order chi connectivity index (χ0) is 16.5. The van der Waals surface area contributed by atoms with Gasteiger partial charge in [-0.05, 0) is 12.8 Å². The van der Waals surface area contributed by atoms with Crippen LogP contribution in [0.3, 0.4) is 0 Å². The molecule has 0 fully saturated rings. The second kappa shape index (κ2) is 5.60. The van der Waals surface area contributed by atoms with E-state index in [2.05, 4.69) is 21.5 Å². The number of nitrogens with zero attached hydrogens (tertiary/aromatic N) is 5. The molecule has 1 atom stereocenters. The number of hydrogen-bond donors (Lipinski definition) is 1. The summed E-state index contributed by atoms with van der Waals surface area (Å²) in [6.45, 7) is 5.15. The maximum Gasteiger partial charge on any atom is 0.264 e. The van der Waals surface area contributed by atoms with E-state index in [0.29, 0.717) is 11.0 Å². The molecule has 0 aliphatic rings. The van der Waals surface area contributed by atoms with Crippen molar-refractivity contribution < 1.29 is 4.79 Å². The van der Waals surface area contributed by atoms with Crippen molar-refractivity contribution in [2.24, 2.45) is 13.0 Å². The number of amides is 1. The molecule has 1 N–H and O–H groups in total. The van der Waals surface area contributed by atoms with E-state index in [1.54, 1.807) is 14.0 Å². The topological polar surface area (TPSA) is 106 Å². The first-order valence-corrected chi connectivity index (χ1v) is 6.88. The lowest BCUT2D eigenvalue weighted by molar-refractivity contribution is -0.123. The Morgan fingerprint density at radius 1 is 1.55 bits per heavy atom. The van der Waals surface area contributed by atoms with Gasteiger partial charge in [-0.15, -0.1) is 0 Å². The van der Waals surface area contributed by atoms with Gasteiger partial charge in [0.2, 0.25) is 5.91 Å². The smallest absolute Gasteiger partial charge is 0.264 e. The molecule has 0 bridgehead atoms. The number of carbonyl (C=O) groups is 1. The van der Waals surface area contributed by atoms with Crippen LogP contribution in [0.25, 0.3) is 11.0 Å². The summed E-state index contributed by atoms with van der Waals surface area (Å²) in [5, 5.41) is 16.2. The largest absolute Gasteiger partial charge is 0.336 e. The average molecular weight is 302 g/mol. The van der Waals surface area contributed by atoms with E-state index in [9.17, 15) is 14.9 Å². The molecule has 0 aliphatic carbocycles. The van der Waals surface area contributed by atoms with Crippen LogP contribution in [0.2, 0.25) is 0 Å². The third-order valence-corrected chi connectivity index (χ3v) is 3.82. The van der Waals surface area contributed by atoms with E-state index in [0.717, 1.165) is 0 Å². The molecule has 0 aliphatic heterocycles. The van der Waals surface area contributed by atoms with Gasteiger partial charge in [0, 0.05) is 7.05 Å². The van der Waals surface area contributed by atoms with Gasteiger partial charge in [-0.1, -0.05) is 13.8 Å². The fourth-order valence-corrected chi connectivity index (χ4v) is 1.96. The molecule has 22 heavy (non-hydrogen) atoms. The molecule has 0 saturated carbocycles. The van der Waals surface area contributed by atoms with E-state index in [4.69, 9.17) is 0 Å². The Bertz CT molecular complexity index is 813. The van der Waals surface area contributed by atoms with Crippen LogP contribution in [-0.2, 0) is 18.4 Å². The van der Waals surface area contributed by atoms with Crippen LogP contribution in [0.1, 0.15) is 20.8 Å². The predicted molar refractivity (Wildman–Crippen MR) is 79.8 cm³/mol. The van der Waals surface area contributed by atoms with Gasteiger partial charge in [-0.25, -0.2) is 4.98 Å². The number of hydrogen-bond acceptors (Lipinski definition) is 5. The number of aromatic nitrogens is 4. The van der Waals surface area contributed by atoms with Crippen molar-refractivity contribution in [3.8, 4) is 6.07 Å². The molecule has 0 radical (unpaired) electrons. The monoisotopic (exact) mass is 302 g/mol. The van der Waals surface area contributed by atoms with Gasteiger partial charge in [-0.2, -0.15) is 10.4 Å². The van der Waals surface area contributed by atoms with Gasteiger partial charge in [0.05, 0.1) is 12.3 Å². The quantitative estimate of drug-likeness (QED) is 0.867. The molecule has 8 heteroatoms. The van der Waals surface area contributed by atoms with Crippen LogP contribution in [0, 0.1) is 17.2 Å². The molecule has 0 unspecified atom stereocenters. The number of aryl methyl sites for hydroxylation is 1. The maximum atomic E-state index is 12.3. The number of fused-ring (bicyclic) bond motifs is 1. The molecule has 2 aromatic rings. The molecule has 2 heterocycles. The minimum absolute atomic E-state index is 0.0582. The Hall–Kier alpha value is -2.69. The Labute approximate surface area is 127 Å². The lowest BCUT2D eigenvalue weighted by atomic mass is 9.90. The Balaban J connectivity index is 2.25. The minimum atomic E-state index is -0.980. The molecule has 8 nitrogen and oxygen atoms in total. The van der Waals surface area contributed by atoms with Crippen LogP contribution >= 0.6 is 0 Å². The van der Waals surface area contributed by atoms with Crippen molar-refractivity contribution in [3.63, 3.8) is 0 Å². The number of carbonyl (C=O) groups excluding carboxylic acids is 1. The lowest BCUT2D eigenvalue weighted by Crippen LogP contribution is -2.50. The van der Waals surface area contributed by atoms with Gasteiger partial charge in [0.15, 0.2) is 5.65 Å². The molecular weight excluding hydrogens is 284 g/mol. The van der Waals surface area contributed by atoms with E-state index in [-0.39, 0.29) is 18.0 Å². The molecule has 116 valence electrons. The fraction of sp³-hybridized carbons (Fsp3) is 0.500. The SMILES string of the molecule is CC(C)[C@@](C)(C#N)NC(=O)Cn1cnc2c(cnn2C)c1=O. The summed E-state index contributed by atoms with van der Waals surface area (Å²) in [6.07, 6.45) is 2.73. The normalized spacial score (nSPS) is 13.8. The summed E-state index contributed by atoms with van der Waals surface area (Å²) >= 11 is 0. The van der Waals surface area contributed by atoms with Crippen LogP contribution in [0.4, 0.5) is 0 Å². The van der Waals surface area contributed by atoms with Gasteiger partial charge in [0.1, 0.15) is 23.8 Å². The van der Waals surface area contributed by atoms with Gasteiger partial charge >= 0.3 is 0 Å². The van der Waals surface area contributed by atoms with Crippen molar-refractivity contribution in [1.82, 2.24) is 24.6 Å². The molecule has 0 saturated heterocycles. The first-order chi connectivity index (χ1) is 10.3. The average Bonchev–Trinajstić information content (AvgIpc) is 2.83. The van der Waals surface area contributed by atoms with Gasteiger partial charge in [0.25, 0.3) is 5.56 Å².